The van der Waals surface area contributed by atoms with Crippen LogP contribution in [0.5, 0.6) is 0 Å². The molecule has 0 spiro atoms. The molecule has 8 nitrogen and oxygen atoms in total. The number of aromatic nitrogens is 2. The maximum absolute atomic E-state index is 13.1. The van der Waals surface area contributed by atoms with Gasteiger partial charge in [-0.05, 0) is 11.1 Å². The fourth-order valence-corrected chi connectivity index (χ4v) is 6.25. The van der Waals surface area contributed by atoms with Gasteiger partial charge in [0.05, 0.1) is 6.04 Å². The maximum Gasteiger partial charge on any atom is 0.272 e. The summed E-state index contributed by atoms with van der Waals surface area (Å²) in [4.78, 5) is 13.8. The van der Waals surface area contributed by atoms with E-state index in [0.29, 0.717) is 26.2 Å². The second-order valence-electron chi connectivity index (χ2n) is 7.44. The van der Waals surface area contributed by atoms with E-state index < -0.39 is 10.0 Å². The average molecular weight is 472 g/mol. The van der Waals surface area contributed by atoms with Crippen LogP contribution in [0.1, 0.15) is 30.5 Å². The van der Waals surface area contributed by atoms with Crippen LogP contribution < -0.4 is 5.32 Å². The van der Waals surface area contributed by atoms with Crippen LogP contribution >= 0.6 is 11.3 Å². The molecule has 3 aromatic rings. The zero-order chi connectivity index (χ0) is 22.6. The van der Waals surface area contributed by atoms with Crippen LogP contribution in [0.25, 0.3) is 0 Å². The molecule has 0 saturated carbocycles. The fraction of sp³-hybridized carbons (Fsp3) is 0.318. The van der Waals surface area contributed by atoms with Crippen LogP contribution in [0.2, 0.25) is 0 Å². The molecule has 1 amide bonds. The number of sulfonamides is 1. The molecule has 2 aromatic carbocycles. The van der Waals surface area contributed by atoms with Gasteiger partial charge >= 0.3 is 0 Å². The lowest BCUT2D eigenvalue weighted by molar-refractivity contribution is -0.115. The Labute approximate surface area is 191 Å². The van der Waals surface area contributed by atoms with Gasteiger partial charge in [0.2, 0.25) is 15.4 Å². The normalized spacial score (nSPS) is 15.7. The van der Waals surface area contributed by atoms with Crippen molar-refractivity contribution in [2.75, 3.05) is 31.5 Å². The van der Waals surface area contributed by atoms with Crippen LogP contribution in [0, 0.1) is 0 Å². The largest absolute Gasteiger partial charge is 0.301 e. The first-order valence-corrected chi connectivity index (χ1v) is 12.7. The first kappa shape index (κ1) is 22.5. The van der Waals surface area contributed by atoms with E-state index in [1.165, 1.54) is 15.4 Å². The highest BCUT2D eigenvalue weighted by atomic mass is 32.2. The van der Waals surface area contributed by atoms with Gasteiger partial charge in [-0.25, -0.2) is 8.42 Å². The Morgan fingerprint density at radius 2 is 1.53 bits per heavy atom. The van der Waals surface area contributed by atoms with Gasteiger partial charge in [0.1, 0.15) is 0 Å². The van der Waals surface area contributed by atoms with Gasteiger partial charge in [-0.1, -0.05) is 78.9 Å². The smallest absolute Gasteiger partial charge is 0.272 e. The fourth-order valence-electron chi connectivity index (χ4n) is 3.77. The SMILES string of the molecule is CCC(=O)Nc1nnc(S(=O)(=O)N2CCN(C(c3ccccc3)c3ccccc3)CC2)s1. The van der Waals surface area contributed by atoms with E-state index in [1.54, 1.807) is 6.92 Å². The molecule has 4 rings (SSSR count). The van der Waals surface area contributed by atoms with Crippen molar-refractivity contribution in [3.8, 4) is 0 Å². The number of nitrogens with one attached hydrogen (secondary N) is 1. The van der Waals surface area contributed by atoms with Gasteiger partial charge in [0.25, 0.3) is 10.0 Å². The summed E-state index contributed by atoms with van der Waals surface area (Å²) in [5, 5.41) is 10.4. The maximum atomic E-state index is 13.1. The van der Waals surface area contributed by atoms with E-state index in [4.69, 9.17) is 0 Å². The van der Waals surface area contributed by atoms with E-state index in [2.05, 4.69) is 44.7 Å². The Kier molecular flexibility index (Phi) is 6.95. The molecule has 168 valence electrons. The molecular formula is C22H25N5O3S2. The predicted molar refractivity (Wildman–Crippen MR) is 124 cm³/mol. The topological polar surface area (TPSA) is 95.5 Å². The third-order valence-corrected chi connectivity index (χ3v) is 8.49. The van der Waals surface area contributed by atoms with Crippen molar-refractivity contribution in [1.29, 1.82) is 0 Å². The highest BCUT2D eigenvalue weighted by molar-refractivity contribution is 7.91. The summed E-state index contributed by atoms with van der Waals surface area (Å²) in [6.45, 7) is 3.60. The number of benzene rings is 2. The first-order valence-electron chi connectivity index (χ1n) is 10.5. The zero-order valence-corrected chi connectivity index (χ0v) is 19.3. The molecule has 0 unspecified atom stereocenters. The van der Waals surface area contributed by atoms with Gasteiger partial charge in [0.15, 0.2) is 0 Å². The zero-order valence-electron chi connectivity index (χ0n) is 17.7. The summed E-state index contributed by atoms with van der Waals surface area (Å²) in [5.41, 5.74) is 2.35. The van der Waals surface area contributed by atoms with Crippen molar-refractivity contribution in [2.45, 2.75) is 23.7 Å². The average Bonchev–Trinajstić information content (AvgIpc) is 3.30. The second kappa shape index (κ2) is 9.86. The van der Waals surface area contributed by atoms with Gasteiger partial charge in [-0.3, -0.25) is 9.69 Å². The molecule has 1 saturated heterocycles. The van der Waals surface area contributed by atoms with Gasteiger partial charge < -0.3 is 5.32 Å². The summed E-state index contributed by atoms with van der Waals surface area (Å²) in [6.07, 6.45) is 0.285. The Balaban J connectivity index is 1.49. The second-order valence-corrected chi connectivity index (χ2v) is 10.5. The Hall–Kier alpha value is -2.66. The molecule has 32 heavy (non-hydrogen) atoms. The van der Waals surface area contributed by atoms with E-state index >= 15 is 0 Å². The van der Waals surface area contributed by atoms with Gasteiger partial charge in [-0.15, -0.1) is 10.2 Å². The Morgan fingerprint density at radius 1 is 0.969 bits per heavy atom. The van der Waals surface area contributed by atoms with E-state index in [0.717, 1.165) is 11.3 Å². The molecule has 1 fully saturated rings. The van der Waals surface area contributed by atoms with Crippen LogP contribution in [0.4, 0.5) is 5.13 Å². The Morgan fingerprint density at radius 3 is 2.06 bits per heavy atom. The molecule has 1 aliphatic rings. The number of carbonyl (C=O) groups is 1. The molecule has 1 aliphatic heterocycles. The molecular weight excluding hydrogens is 446 g/mol. The quantitative estimate of drug-likeness (QED) is 0.532. The lowest BCUT2D eigenvalue weighted by Crippen LogP contribution is -2.49. The highest BCUT2D eigenvalue weighted by Crippen LogP contribution is 2.31. The number of hydrogen-bond acceptors (Lipinski definition) is 7. The standard InChI is InChI=1S/C22H25N5O3S2/c1-2-19(28)23-21-24-25-22(31-21)32(29,30)27-15-13-26(14-16-27)20(17-9-5-3-6-10-17)18-11-7-4-8-12-18/h3-12,20H,2,13-16H2,1H3,(H,23,24,28). The lowest BCUT2D eigenvalue weighted by Gasteiger charge is -2.38. The predicted octanol–water partition coefficient (Wildman–Crippen LogP) is 2.98. The Bertz CT molecular complexity index is 1110. The van der Waals surface area contributed by atoms with E-state index in [9.17, 15) is 13.2 Å². The summed E-state index contributed by atoms with van der Waals surface area (Å²) in [6, 6.07) is 20.6. The third kappa shape index (κ3) is 4.88. The van der Waals surface area contributed by atoms with E-state index in [-0.39, 0.29) is 27.8 Å². The molecule has 0 bridgehead atoms. The molecule has 0 radical (unpaired) electrons. The first-order chi connectivity index (χ1) is 15.5. The van der Waals surface area contributed by atoms with E-state index in [1.807, 2.05) is 36.4 Å². The van der Waals surface area contributed by atoms with Crippen LogP contribution in [-0.4, -0.2) is 59.9 Å². The summed E-state index contributed by atoms with van der Waals surface area (Å²) in [7, 11) is -3.76. The third-order valence-electron chi connectivity index (χ3n) is 5.40. The van der Waals surface area contributed by atoms with Crippen LogP contribution in [0.15, 0.2) is 65.0 Å². The van der Waals surface area contributed by atoms with Crippen molar-refractivity contribution in [1.82, 2.24) is 19.4 Å². The minimum atomic E-state index is -3.76. The molecule has 1 N–H and O–H groups in total. The van der Waals surface area contributed by atoms with Crippen LogP contribution in [-0.2, 0) is 14.8 Å². The van der Waals surface area contributed by atoms with Gasteiger partial charge in [0, 0.05) is 32.6 Å². The van der Waals surface area contributed by atoms with Crippen molar-refractivity contribution in [3.05, 3.63) is 71.8 Å². The summed E-state index contributed by atoms with van der Waals surface area (Å²) in [5.74, 6) is -0.230. The van der Waals surface area contributed by atoms with Crippen molar-refractivity contribution < 1.29 is 13.2 Å². The van der Waals surface area contributed by atoms with Crippen LogP contribution in [0.3, 0.4) is 0 Å². The minimum Gasteiger partial charge on any atom is -0.301 e. The number of carbonyl (C=O) groups excluding carboxylic acids is 1. The number of amides is 1. The molecule has 0 aliphatic carbocycles. The highest BCUT2D eigenvalue weighted by Gasteiger charge is 2.34. The summed E-state index contributed by atoms with van der Waals surface area (Å²) >= 11 is 0.881. The number of hydrogen-bond donors (Lipinski definition) is 1. The minimum absolute atomic E-state index is 0.0552. The van der Waals surface area contributed by atoms with Crippen molar-refractivity contribution in [3.63, 3.8) is 0 Å². The van der Waals surface area contributed by atoms with Crippen molar-refractivity contribution in [2.24, 2.45) is 0 Å². The number of rotatable bonds is 7. The number of anilines is 1. The van der Waals surface area contributed by atoms with Crippen molar-refractivity contribution >= 4 is 32.4 Å². The number of nitrogens with zero attached hydrogens (tertiary/aromatic N) is 4. The molecule has 10 heteroatoms. The number of piperazine rings is 1. The lowest BCUT2D eigenvalue weighted by atomic mass is 9.96. The molecule has 2 heterocycles. The summed E-state index contributed by atoms with van der Waals surface area (Å²) < 4.78 is 27.5. The molecule has 1 aromatic heterocycles. The molecule has 0 atom stereocenters. The van der Waals surface area contributed by atoms with Gasteiger partial charge in [-0.2, -0.15) is 4.31 Å². The monoisotopic (exact) mass is 471 g/mol.